The van der Waals surface area contributed by atoms with Gasteiger partial charge in [-0.1, -0.05) is 0 Å². The minimum absolute atomic E-state index is 0.831. The summed E-state index contributed by atoms with van der Waals surface area (Å²) in [7, 11) is 1.78. The first-order valence-corrected chi connectivity index (χ1v) is 6.19. The molecule has 0 aromatic heterocycles. The first-order chi connectivity index (χ1) is 6.86. The fourth-order valence-electron chi connectivity index (χ4n) is 2.04. The first-order valence-electron chi connectivity index (χ1n) is 5.31. The van der Waals surface area contributed by atoms with E-state index in [-0.39, 0.29) is 0 Å². The summed E-state index contributed by atoms with van der Waals surface area (Å²) in [6.45, 7) is 5.29. The topological polar surface area (TPSA) is 21.7 Å². The van der Waals surface area contributed by atoms with Crippen molar-refractivity contribution in [3.05, 3.63) is 0 Å². The number of rotatable bonds is 6. The van der Waals surface area contributed by atoms with Gasteiger partial charge >= 0.3 is 0 Å². The van der Waals surface area contributed by atoms with Crippen molar-refractivity contribution in [1.82, 2.24) is 4.90 Å². The molecule has 0 bridgehead atoms. The molecule has 1 aliphatic rings. The van der Waals surface area contributed by atoms with Crippen LogP contribution in [0.5, 0.6) is 0 Å². The minimum Gasteiger partial charge on any atom is -0.385 e. The third-order valence-electron chi connectivity index (χ3n) is 2.82. The first kappa shape index (κ1) is 12.7. The molecular formula is C10H20INO2. The Morgan fingerprint density at radius 3 is 3.00 bits per heavy atom. The van der Waals surface area contributed by atoms with E-state index in [0.29, 0.717) is 0 Å². The predicted octanol–water partition coefficient (Wildman–Crippen LogP) is 2.10. The lowest BCUT2D eigenvalue weighted by atomic mass is 9.95. The van der Waals surface area contributed by atoms with Gasteiger partial charge in [-0.3, -0.25) is 0 Å². The smallest absolute Gasteiger partial charge is 0.109 e. The van der Waals surface area contributed by atoms with E-state index in [1.807, 2.05) is 23.0 Å². The molecule has 1 aliphatic heterocycles. The Balaban J connectivity index is 2.14. The second-order valence-corrected chi connectivity index (χ2v) is 4.53. The van der Waals surface area contributed by atoms with Crippen LogP contribution in [0.15, 0.2) is 0 Å². The van der Waals surface area contributed by atoms with Gasteiger partial charge in [-0.25, -0.2) is 0 Å². The van der Waals surface area contributed by atoms with E-state index in [9.17, 15) is 0 Å². The van der Waals surface area contributed by atoms with Gasteiger partial charge in [-0.15, -0.1) is 0 Å². The summed E-state index contributed by atoms with van der Waals surface area (Å²) in [4.78, 5) is 2.50. The molecular weight excluding hydrogens is 293 g/mol. The maximum absolute atomic E-state index is 5.12. The molecule has 4 heteroatoms. The van der Waals surface area contributed by atoms with Crippen LogP contribution in [0, 0.1) is 5.92 Å². The van der Waals surface area contributed by atoms with Crippen LogP contribution in [0.1, 0.15) is 19.3 Å². The second kappa shape index (κ2) is 7.84. The zero-order valence-corrected chi connectivity index (χ0v) is 11.0. The molecule has 1 rings (SSSR count). The van der Waals surface area contributed by atoms with Crippen LogP contribution in [0.4, 0.5) is 0 Å². The zero-order chi connectivity index (χ0) is 10.2. The molecule has 1 saturated heterocycles. The Labute approximate surface area is 101 Å². The molecule has 0 aromatic carbocycles. The van der Waals surface area contributed by atoms with Crippen LogP contribution in [-0.4, -0.2) is 44.9 Å². The normalized spacial score (nSPS) is 24.0. The van der Waals surface area contributed by atoms with Gasteiger partial charge in [0, 0.05) is 26.8 Å². The lowest BCUT2D eigenvalue weighted by Crippen LogP contribution is -2.37. The Bertz CT molecular complexity index is 132. The van der Waals surface area contributed by atoms with E-state index < -0.39 is 0 Å². The Kier molecular flexibility index (Phi) is 7.10. The van der Waals surface area contributed by atoms with E-state index >= 15 is 0 Å². The Hall–Kier alpha value is 0.610. The van der Waals surface area contributed by atoms with Gasteiger partial charge in [0.25, 0.3) is 0 Å². The van der Waals surface area contributed by atoms with Crippen molar-refractivity contribution in [3.63, 3.8) is 0 Å². The van der Waals surface area contributed by atoms with Gasteiger partial charge in [0.05, 0.1) is 6.61 Å². The number of piperidine rings is 1. The molecule has 0 amide bonds. The van der Waals surface area contributed by atoms with Gasteiger partial charge in [0.1, 0.15) is 23.0 Å². The summed E-state index contributed by atoms with van der Waals surface area (Å²) >= 11 is 1.96. The number of nitrogens with zero attached hydrogens (tertiary/aromatic N) is 1. The molecule has 0 aliphatic carbocycles. The monoisotopic (exact) mass is 313 g/mol. The van der Waals surface area contributed by atoms with Crippen molar-refractivity contribution >= 4 is 23.0 Å². The van der Waals surface area contributed by atoms with Crippen molar-refractivity contribution in [2.24, 2.45) is 5.92 Å². The van der Waals surface area contributed by atoms with Crippen LogP contribution in [-0.2, 0) is 7.80 Å². The molecule has 1 atom stereocenters. The number of hydrogen-bond donors (Lipinski definition) is 0. The third kappa shape index (κ3) is 4.91. The van der Waals surface area contributed by atoms with E-state index in [1.54, 1.807) is 7.11 Å². The number of likely N-dealkylation sites (tertiary alicyclic amines) is 1. The standard InChI is InChI=1S/C10H20INO2/c1-13-7-4-10-3-2-5-12(9-10)6-8-14-11/h10H,2-9H2,1H3. The van der Waals surface area contributed by atoms with E-state index in [4.69, 9.17) is 7.80 Å². The molecule has 14 heavy (non-hydrogen) atoms. The predicted molar refractivity (Wildman–Crippen MR) is 65.6 cm³/mol. The molecule has 84 valence electrons. The van der Waals surface area contributed by atoms with Crippen molar-refractivity contribution in [2.45, 2.75) is 19.3 Å². The van der Waals surface area contributed by atoms with Crippen molar-refractivity contribution in [1.29, 1.82) is 0 Å². The summed E-state index contributed by atoms with van der Waals surface area (Å²) in [5, 5.41) is 0. The fraction of sp³-hybridized carbons (Fsp3) is 1.00. The Morgan fingerprint density at radius 1 is 1.43 bits per heavy atom. The molecule has 3 nitrogen and oxygen atoms in total. The molecule has 0 spiro atoms. The highest BCUT2D eigenvalue weighted by Gasteiger charge is 2.18. The largest absolute Gasteiger partial charge is 0.385 e. The number of halogens is 1. The maximum atomic E-state index is 5.12. The average molecular weight is 313 g/mol. The van der Waals surface area contributed by atoms with E-state index in [0.717, 1.165) is 25.7 Å². The van der Waals surface area contributed by atoms with Crippen LogP contribution < -0.4 is 0 Å². The highest BCUT2D eigenvalue weighted by Crippen LogP contribution is 2.19. The molecule has 0 radical (unpaired) electrons. The van der Waals surface area contributed by atoms with Crippen molar-refractivity contribution in [2.75, 3.05) is 40.0 Å². The summed E-state index contributed by atoms with van der Waals surface area (Å²) < 4.78 is 10.2. The quantitative estimate of drug-likeness (QED) is 0.701. The van der Waals surface area contributed by atoms with Crippen LogP contribution >= 0.6 is 23.0 Å². The minimum atomic E-state index is 0.831. The summed E-state index contributed by atoms with van der Waals surface area (Å²) in [6.07, 6.45) is 3.90. The van der Waals surface area contributed by atoms with Crippen LogP contribution in [0.3, 0.4) is 0 Å². The van der Waals surface area contributed by atoms with Crippen molar-refractivity contribution in [3.8, 4) is 0 Å². The number of hydrogen-bond acceptors (Lipinski definition) is 3. The zero-order valence-electron chi connectivity index (χ0n) is 8.88. The lowest BCUT2D eigenvalue weighted by molar-refractivity contribution is 0.121. The molecule has 0 aromatic rings. The SMILES string of the molecule is COCCC1CCCN(CCOI)C1. The van der Waals surface area contributed by atoms with Gasteiger partial charge in [0.2, 0.25) is 0 Å². The van der Waals surface area contributed by atoms with E-state index in [2.05, 4.69) is 4.90 Å². The number of methoxy groups -OCH3 is 1. The summed E-state index contributed by atoms with van der Waals surface area (Å²) in [5.74, 6) is 0.831. The average Bonchev–Trinajstić information content (AvgIpc) is 2.24. The van der Waals surface area contributed by atoms with Gasteiger partial charge in [-0.05, 0) is 31.7 Å². The van der Waals surface area contributed by atoms with Gasteiger partial charge < -0.3 is 12.7 Å². The molecule has 1 fully saturated rings. The maximum Gasteiger partial charge on any atom is 0.109 e. The van der Waals surface area contributed by atoms with Crippen LogP contribution in [0.2, 0.25) is 0 Å². The highest BCUT2D eigenvalue weighted by atomic mass is 127. The third-order valence-corrected chi connectivity index (χ3v) is 3.26. The van der Waals surface area contributed by atoms with E-state index in [1.165, 1.54) is 32.4 Å². The van der Waals surface area contributed by atoms with Crippen molar-refractivity contribution < 1.29 is 7.80 Å². The summed E-state index contributed by atoms with van der Waals surface area (Å²) in [5.41, 5.74) is 0. The molecule has 1 heterocycles. The van der Waals surface area contributed by atoms with Gasteiger partial charge in [0.15, 0.2) is 0 Å². The number of ether oxygens (including phenoxy) is 1. The molecule has 0 N–H and O–H groups in total. The van der Waals surface area contributed by atoms with Gasteiger partial charge in [-0.2, -0.15) is 0 Å². The fourth-order valence-corrected chi connectivity index (χ4v) is 2.24. The lowest BCUT2D eigenvalue weighted by Gasteiger charge is -2.32. The van der Waals surface area contributed by atoms with Crippen LogP contribution in [0.25, 0.3) is 0 Å². The second-order valence-electron chi connectivity index (χ2n) is 3.90. The Morgan fingerprint density at radius 2 is 2.29 bits per heavy atom. The molecule has 0 saturated carbocycles. The molecule has 1 unspecified atom stereocenters. The highest BCUT2D eigenvalue weighted by molar-refractivity contribution is 14.1. The summed E-state index contributed by atoms with van der Waals surface area (Å²) in [6, 6.07) is 0.